The average molecular weight is 319 g/mol. The van der Waals surface area contributed by atoms with Gasteiger partial charge in [0.25, 0.3) is 5.69 Å². The lowest BCUT2D eigenvalue weighted by Crippen LogP contribution is -2.25. The Labute approximate surface area is 122 Å². The van der Waals surface area contributed by atoms with Crippen LogP contribution in [0.2, 0.25) is 0 Å². The minimum atomic E-state index is -4.71. The lowest BCUT2D eigenvalue weighted by molar-refractivity contribution is -0.384. The van der Waals surface area contributed by atoms with Crippen LogP contribution in [-0.2, 0) is 9.53 Å². The van der Waals surface area contributed by atoms with E-state index in [1.54, 1.807) is 0 Å². The highest BCUT2D eigenvalue weighted by Crippen LogP contribution is 2.22. The van der Waals surface area contributed by atoms with Gasteiger partial charge in [-0.05, 0) is 12.1 Å². The Morgan fingerprint density at radius 2 is 1.91 bits per heavy atom. The monoisotopic (exact) mass is 319 g/mol. The Bertz CT molecular complexity index is 570. The summed E-state index contributed by atoms with van der Waals surface area (Å²) in [6.45, 7) is 0. The number of benzene rings is 1. The maximum absolute atomic E-state index is 12.7. The SMILES string of the molecule is COC(=O)CC/C(=N/Nc1ccc([N+](=O)[O-])cc1)C(F)(F)F. The molecule has 0 radical (unpaired) electrons. The van der Waals surface area contributed by atoms with Crippen molar-refractivity contribution in [2.45, 2.75) is 19.0 Å². The van der Waals surface area contributed by atoms with Gasteiger partial charge in [-0.3, -0.25) is 20.3 Å². The molecule has 0 unspecified atom stereocenters. The van der Waals surface area contributed by atoms with Crippen LogP contribution in [0.5, 0.6) is 0 Å². The number of esters is 1. The molecular formula is C12H12F3N3O4. The highest BCUT2D eigenvalue weighted by molar-refractivity contribution is 5.92. The Morgan fingerprint density at radius 3 is 2.36 bits per heavy atom. The second-order valence-electron chi connectivity index (χ2n) is 4.05. The fraction of sp³-hybridized carbons (Fsp3) is 0.333. The molecule has 1 rings (SSSR count). The Balaban J connectivity index is 2.80. The number of hydrogen-bond acceptors (Lipinski definition) is 6. The molecule has 1 N–H and O–H groups in total. The standard InChI is InChI=1S/C12H12F3N3O4/c1-22-11(19)7-6-10(12(13,14)15)17-16-8-2-4-9(5-3-8)18(20)21/h2-5,16H,6-7H2,1H3/b17-10-. The minimum absolute atomic E-state index is 0.144. The van der Waals surface area contributed by atoms with Crippen LogP contribution in [0.25, 0.3) is 0 Å². The molecule has 1 aromatic rings. The predicted molar refractivity (Wildman–Crippen MR) is 71.5 cm³/mol. The van der Waals surface area contributed by atoms with Crippen LogP contribution in [-0.4, -0.2) is 29.9 Å². The number of nitrogens with one attached hydrogen (secondary N) is 1. The largest absolute Gasteiger partial charge is 0.469 e. The molecule has 0 spiro atoms. The molecule has 22 heavy (non-hydrogen) atoms. The van der Waals surface area contributed by atoms with Crippen LogP contribution in [0.3, 0.4) is 0 Å². The topological polar surface area (TPSA) is 93.8 Å². The first kappa shape index (κ1) is 17.4. The van der Waals surface area contributed by atoms with Crippen LogP contribution in [0.4, 0.5) is 24.5 Å². The maximum Gasteiger partial charge on any atom is 0.431 e. The number of nitro benzene ring substituents is 1. The number of alkyl halides is 3. The van der Waals surface area contributed by atoms with E-state index >= 15 is 0 Å². The number of methoxy groups -OCH3 is 1. The molecule has 0 aliphatic heterocycles. The molecule has 10 heteroatoms. The van der Waals surface area contributed by atoms with E-state index in [0.717, 1.165) is 19.2 Å². The summed E-state index contributed by atoms with van der Waals surface area (Å²) in [6.07, 6.45) is -5.81. The summed E-state index contributed by atoms with van der Waals surface area (Å²) in [5, 5.41) is 13.7. The van der Waals surface area contributed by atoms with Crippen LogP contribution in [0, 0.1) is 10.1 Å². The predicted octanol–water partition coefficient (Wildman–Crippen LogP) is 2.88. The van der Waals surface area contributed by atoms with E-state index in [1.165, 1.54) is 12.1 Å². The number of ether oxygens (including phenoxy) is 1. The molecular weight excluding hydrogens is 307 g/mol. The number of non-ortho nitro benzene ring substituents is 1. The fourth-order valence-corrected chi connectivity index (χ4v) is 1.37. The van der Waals surface area contributed by atoms with Crippen molar-refractivity contribution in [3.63, 3.8) is 0 Å². The molecule has 0 saturated heterocycles. The third-order valence-corrected chi connectivity index (χ3v) is 2.52. The van der Waals surface area contributed by atoms with E-state index in [9.17, 15) is 28.1 Å². The van der Waals surface area contributed by atoms with Gasteiger partial charge in [-0.1, -0.05) is 0 Å². The molecule has 0 fully saturated rings. The van der Waals surface area contributed by atoms with Crippen molar-refractivity contribution in [1.29, 1.82) is 0 Å². The summed E-state index contributed by atoms with van der Waals surface area (Å²) in [4.78, 5) is 20.7. The lowest BCUT2D eigenvalue weighted by atomic mass is 10.2. The summed E-state index contributed by atoms with van der Waals surface area (Å²) in [7, 11) is 1.07. The number of hydrazone groups is 1. The number of hydrogen-bond donors (Lipinski definition) is 1. The van der Waals surface area contributed by atoms with E-state index in [-0.39, 0.29) is 11.4 Å². The number of carbonyl (C=O) groups excluding carboxylic acids is 1. The van der Waals surface area contributed by atoms with Crippen molar-refractivity contribution in [3.05, 3.63) is 34.4 Å². The highest BCUT2D eigenvalue weighted by atomic mass is 19.4. The molecule has 0 saturated carbocycles. The number of halogens is 3. The van der Waals surface area contributed by atoms with E-state index in [4.69, 9.17) is 0 Å². The van der Waals surface area contributed by atoms with Crippen molar-refractivity contribution >= 4 is 23.1 Å². The van der Waals surface area contributed by atoms with Gasteiger partial charge >= 0.3 is 12.1 Å². The molecule has 0 amide bonds. The number of anilines is 1. The van der Waals surface area contributed by atoms with Gasteiger partial charge < -0.3 is 4.74 Å². The van der Waals surface area contributed by atoms with Gasteiger partial charge in [0.05, 0.1) is 24.1 Å². The first-order valence-electron chi connectivity index (χ1n) is 5.95. The molecule has 0 heterocycles. The lowest BCUT2D eigenvalue weighted by Gasteiger charge is -2.10. The van der Waals surface area contributed by atoms with Gasteiger partial charge in [-0.25, -0.2) is 0 Å². The summed E-state index contributed by atoms with van der Waals surface area (Å²) in [5.74, 6) is -0.785. The van der Waals surface area contributed by atoms with Crippen LogP contribution in [0.1, 0.15) is 12.8 Å². The van der Waals surface area contributed by atoms with Crippen LogP contribution < -0.4 is 5.43 Å². The van der Waals surface area contributed by atoms with Crippen molar-refractivity contribution in [2.24, 2.45) is 5.10 Å². The van der Waals surface area contributed by atoms with Crippen molar-refractivity contribution in [3.8, 4) is 0 Å². The molecule has 1 aromatic carbocycles. The van der Waals surface area contributed by atoms with Gasteiger partial charge in [0.15, 0.2) is 0 Å². The van der Waals surface area contributed by atoms with Gasteiger partial charge in [0, 0.05) is 18.6 Å². The molecule has 0 aliphatic rings. The first-order valence-corrected chi connectivity index (χ1v) is 5.95. The second-order valence-corrected chi connectivity index (χ2v) is 4.05. The van der Waals surface area contributed by atoms with Crippen molar-refractivity contribution < 1.29 is 27.6 Å². The third kappa shape index (κ3) is 5.38. The zero-order valence-electron chi connectivity index (χ0n) is 11.4. The molecule has 0 bridgehead atoms. The van der Waals surface area contributed by atoms with E-state index in [1.807, 2.05) is 0 Å². The van der Waals surface area contributed by atoms with Gasteiger partial charge in [0.2, 0.25) is 0 Å². The number of carbonyl (C=O) groups is 1. The summed E-state index contributed by atoms with van der Waals surface area (Å²) < 4.78 is 42.5. The van der Waals surface area contributed by atoms with Crippen LogP contribution >= 0.6 is 0 Å². The van der Waals surface area contributed by atoms with E-state index in [0.29, 0.717) is 0 Å². The quantitative estimate of drug-likeness (QED) is 0.376. The van der Waals surface area contributed by atoms with E-state index < -0.39 is 35.6 Å². The smallest absolute Gasteiger partial charge is 0.431 e. The maximum atomic E-state index is 12.7. The molecule has 120 valence electrons. The molecule has 0 aliphatic carbocycles. The first-order chi connectivity index (χ1) is 10.2. The minimum Gasteiger partial charge on any atom is -0.469 e. The Kier molecular flexibility index (Phi) is 5.84. The van der Waals surface area contributed by atoms with Gasteiger partial charge in [0.1, 0.15) is 5.71 Å². The molecule has 0 atom stereocenters. The van der Waals surface area contributed by atoms with Gasteiger partial charge in [-0.15, -0.1) is 0 Å². The van der Waals surface area contributed by atoms with Crippen LogP contribution in [0.15, 0.2) is 29.4 Å². The van der Waals surface area contributed by atoms with Crippen molar-refractivity contribution in [2.75, 3.05) is 12.5 Å². The molecule has 0 aromatic heterocycles. The molecule has 7 nitrogen and oxygen atoms in total. The summed E-state index contributed by atoms with van der Waals surface area (Å²) in [6, 6.07) is 4.69. The third-order valence-electron chi connectivity index (χ3n) is 2.52. The number of nitrogens with zero attached hydrogens (tertiary/aromatic N) is 2. The Morgan fingerprint density at radius 1 is 1.32 bits per heavy atom. The van der Waals surface area contributed by atoms with E-state index in [2.05, 4.69) is 15.3 Å². The Hall–Kier alpha value is -2.65. The number of nitro groups is 1. The average Bonchev–Trinajstić information content (AvgIpc) is 2.45. The summed E-state index contributed by atoms with van der Waals surface area (Å²) >= 11 is 0. The zero-order valence-corrected chi connectivity index (χ0v) is 11.4. The highest BCUT2D eigenvalue weighted by Gasteiger charge is 2.36. The second kappa shape index (κ2) is 7.38. The van der Waals surface area contributed by atoms with Gasteiger partial charge in [-0.2, -0.15) is 18.3 Å². The van der Waals surface area contributed by atoms with Crippen molar-refractivity contribution in [1.82, 2.24) is 0 Å². The fourth-order valence-electron chi connectivity index (χ4n) is 1.37. The number of rotatable bonds is 6. The normalized spacial score (nSPS) is 11.9. The zero-order chi connectivity index (χ0) is 16.8. The summed E-state index contributed by atoms with van der Waals surface area (Å²) in [5.41, 5.74) is 0.914.